The van der Waals surface area contributed by atoms with Crippen LogP contribution in [0.1, 0.15) is 53.7 Å². The number of nitrogens with zero attached hydrogens (tertiary/aromatic N) is 2. The van der Waals surface area contributed by atoms with Crippen molar-refractivity contribution in [2.45, 2.75) is 50.0 Å². The number of benzene rings is 2. The molecule has 2 amide bonds. The molecule has 2 heterocycles. The van der Waals surface area contributed by atoms with Crippen LogP contribution in [0.3, 0.4) is 0 Å². The Morgan fingerprint density at radius 2 is 1.82 bits per heavy atom. The van der Waals surface area contributed by atoms with E-state index in [9.17, 15) is 22.8 Å². The van der Waals surface area contributed by atoms with E-state index < -0.39 is 17.3 Å². The maximum absolute atomic E-state index is 13.7. The van der Waals surface area contributed by atoms with Crippen molar-refractivity contribution in [3.8, 4) is 5.75 Å². The van der Waals surface area contributed by atoms with Gasteiger partial charge in [-0.1, -0.05) is 18.2 Å². The Labute approximate surface area is 220 Å². The van der Waals surface area contributed by atoms with Crippen molar-refractivity contribution in [1.29, 1.82) is 0 Å². The molecule has 10 heteroatoms. The van der Waals surface area contributed by atoms with Gasteiger partial charge in [0.05, 0.1) is 11.6 Å². The lowest BCUT2D eigenvalue weighted by Gasteiger charge is -2.43. The fourth-order valence-corrected chi connectivity index (χ4v) is 5.13. The van der Waals surface area contributed by atoms with Gasteiger partial charge in [0.1, 0.15) is 17.4 Å². The molecule has 2 aromatic rings. The van der Waals surface area contributed by atoms with Gasteiger partial charge < -0.3 is 19.7 Å². The molecule has 1 N–H and O–H groups in total. The number of hydrogen-bond acceptors (Lipinski definition) is 5. The Morgan fingerprint density at radius 3 is 2.45 bits per heavy atom. The Hall–Kier alpha value is -3.11. The highest BCUT2D eigenvalue weighted by atomic mass is 19.4. The summed E-state index contributed by atoms with van der Waals surface area (Å²) in [6, 6.07) is 11.8. The lowest BCUT2D eigenvalue weighted by Crippen LogP contribution is -2.61. The smallest absolute Gasteiger partial charge is 0.416 e. The number of rotatable bonds is 7. The van der Waals surface area contributed by atoms with Gasteiger partial charge in [0.15, 0.2) is 0 Å². The Balaban J connectivity index is 1.44. The molecule has 0 saturated carbocycles. The molecule has 206 valence electrons. The van der Waals surface area contributed by atoms with Gasteiger partial charge in [0.2, 0.25) is 5.91 Å². The predicted molar refractivity (Wildman–Crippen MR) is 136 cm³/mol. The highest BCUT2D eigenvalue weighted by molar-refractivity contribution is 5.94. The minimum atomic E-state index is -4.44. The summed E-state index contributed by atoms with van der Waals surface area (Å²) in [7, 11) is 3.39. The van der Waals surface area contributed by atoms with E-state index in [1.54, 1.807) is 26.2 Å². The van der Waals surface area contributed by atoms with Gasteiger partial charge in [0, 0.05) is 46.0 Å². The van der Waals surface area contributed by atoms with Crippen LogP contribution in [-0.2, 0) is 15.7 Å². The lowest BCUT2D eigenvalue weighted by atomic mass is 9.86. The molecule has 2 aromatic carbocycles. The van der Waals surface area contributed by atoms with Crippen LogP contribution < -0.4 is 10.1 Å². The number of amides is 2. The van der Waals surface area contributed by atoms with Crippen molar-refractivity contribution in [2.24, 2.45) is 0 Å². The number of carbonyl (C=O) groups is 2. The SMILES string of the molecule is C[C@H](NC(=O)C1(N2CC[C@@H](Oc3cccc(C(F)(F)F)c3)C2)CCOCC1)c1ccc(C(=O)N(C)C)cc1. The van der Waals surface area contributed by atoms with E-state index in [1.807, 2.05) is 19.1 Å². The number of halogens is 3. The van der Waals surface area contributed by atoms with Crippen LogP contribution in [0.2, 0.25) is 0 Å². The zero-order valence-electron chi connectivity index (χ0n) is 21.9. The van der Waals surface area contributed by atoms with Gasteiger partial charge in [-0.15, -0.1) is 0 Å². The van der Waals surface area contributed by atoms with Crippen LogP contribution in [0.5, 0.6) is 5.75 Å². The first-order valence-corrected chi connectivity index (χ1v) is 12.8. The summed E-state index contributed by atoms with van der Waals surface area (Å²) in [6.07, 6.45) is -3.14. The van der Waals surface area contributed by atoms with E-state index in [0.29, 0.717) is 51.1 Å². The average molecular weight is 534 g/mol. The van der Waals surface area contributed by atoms with E-state index in [2.05, 4.69) is 10.2 Å². The van der Waals surface area contributed by atoms with E-state index in [-0.39, 0.29) is 29.7 Å². The second-order valence-electron chi connectivity index (χ2n) is 10.2. The Bertz CT molecular complexity index is 1130. The second kappa shape index (κ2) is 11.3. The number of ether oxygens (including phenoxy) is 2. The molecule has 0 unspecified atom stereocenters. The van der Waals surface area contributed by atoms with Gasteiger partial charge in [-0.2, -0.15) is 13.2 Å². The third kappa shape index (κ3) is 6.13. The minimum Gasteiger partial charge on any atom is -0.489 e. The monoisotopic (exact) mass is 533 g/mol. The third-order valence-electron chi connectivity index (χ3n) is 7.37. The van der Waals surface area contributed by atoms with Crippen LogP contribution in [-0.4, -0.2) is 73.7 Å². The minimum absolute atomic E-state index is 0.0923. The van der Waals surface area contributed by atoms with Gasteiger partial charge in [-0.05, 0) is 62.1 Å². The molecule has 0 aliphatic carbocycles. The number of carbonyl (C=O) groups excluding carboxylic acids is 2. The van der Waals surface area contributed by atoms with E-state index in [4.69, 9.17) is 9.47 Å². The highest BCUT2D eigenvalue weighted by Crippen LogP contribution is 2.35. The van der Waals surface area contributed by atoms with Crippen LogP contribution in [0, 0.1) is 0 Å². The maximum Gasteiger partial charge on any atom is 0.416 e. The summed E-state index contributed by atoms with van der Waals surface area (Å²) in [5.74, 6) is -0.0335. The average Bonchev–Trinajstić information content (AvgIpc) is 3.37. The quantitative estimate of drug-likeness (QED) is 0.575. The van der Waals surface area contributed by atoms with Crippen LogP contribution in [0.4, 0.5) is 13.2 Å². The first kappa shape index (κ1) is 27.9. The molecule has 2 aliphatic heterocycles. The van der Waals surface area contributed by atoms with Gasteiger partial charge in [-0.3, -0.25) is 14.5 Å². The van der Waals surface area contributed by atoms with Gasteiger partial charge >= 0.3 is 6.18 Å². The van der Waals surface area contributed by atoms with Crippen molar-refractivity contribution in [1.82, 2.24) is 15.1 Å². The summed E-state index contributed by atoms with van der Waals surface area (Å²) in [5.41, 5.74) is -0.0949. The fraction of sp³-hybridized carbons (Fsp3) is 0.500. The molecule has 38 heavy (non-hydrogen) atoms. The second-order valence-corrected chi connectivity index (χ2v) is 10.2. The molecule has 2 saturated heterocycles. The predicted octanol–water partition coefficient (Wildman–Crippen LogP) is 4.29. The summed E-state index contributed by atoms with van der Waals surface area (Å²) >= 11 is 0. The zero-order valence-corrected chi connectivity index (χ0v) is 21.9. The fourth-order valence-electron chi connectivity index (χ4n) is 5.13. The topological polar surface area (TPSA) is 71.1 Å². The maximum atomic E-state index is 13.7. The van der Waals surface area contributed by atoms with Crippen LogP contribution >= 0.6 is 0 Å². The lowest BCUT2D eigenvalue weighted by molar-refractivity contribution is -0.141. The van der Waals surface area contributed by atoms with Crippen molar-refractivity contribution in [3.05, 3.63) is 65.2 Å². The largest absolute Gasteiger partial charge is 0.489 e. The summed E-state index contributed by atoms with van der Waals surface area (Å²) < 4.78 is 50.8. The third-order valence-corrected chi connectivity index (χ3v) is 7.37. The molecule has 0 bridgehead atoms. The molecule has 4 rings (SSSR count). The first-order chi connectivity index (χ1) is 18.0. The van der Waals surface area contributed by atoms with Gasteiger partial charge in [0.25, 0.3) is 5.91 Å². The van der Waals surface area contributed by atoms with E-state index in [0.717, 1.165) is 17.7 Å². The van der Waals surface area contributed by atoms with Crippen molar-refractivity contribution in [3.63, 3.8) is 0 Å². The highest BCUT2D eigenvalue weighted by Gasteiger charge is 2.48. The van der Waals surface area contributed by atoms with Crippen molar-refractivity contribution >= 4 is 11.8 Å². The normalized spacial score (nSPS) is 20.5. The van der Waals surface area contributed by atoms with E-state index in [1.165, 1.54) is 17.0 Å². The summed E-state index contributed by atoms with van der Waals surface area (Å²) in [5, 5.41) is 3.15. The first-order valence-electron chi connectivity index (χ1n) is 12.8. The Kier molecular flexibility index (Phi) is 8.32. The molecule has 0 aromatic heterocycles. The van der Waals surface area contributed by atoms with Crippen molar-refractivity contribution in [2.75, 3.05) is 40.4 Å². The molecule has 2 atom stereocenters. The molecular weight excluding hydrogens is 499 g/mol. The number of nitrogens with one attached hydrogen (secondary N) is 1. The summed E-state index contributed by atoms with van der Waals surface area (Å²) in [6.45, 7) is 3.81. The molecule has 0 radical (unpaired) electrons. The molecule has 0 spiro atoms. The molecule has 2 aliphatic rings. The van der Waals surface area contributed by atoms with Crippen LogP contribution in [0.15, 0.2) is 48.5 Å². The molecular formula is C28H34F3N3O4. The Morgan fingerprint density at radius 1 is 1.13 bits per heavy atom. The summed E-state index contributed by atoms with van der Waals surface area (Å²) in [4.78, 5) is 29.5. The number of hydrogen-bond donors (Lipinski definition) is 1. The van der Waals surface area contributed by atoms with E-state index >= 15 is 0 Å². The van der Waals surface area contributed by atoms with Crippen LogP contribution in [0.25, 0.3) is 0 Å². The van der Waals surface area contributed by atoms with Crippen molar-refractivity contribution < 1.29 is 32.2 Å². The number of alkyl halides is 3. The zero-order chi connectivity index (χ0) is 27.5. The molecule has 2 fully saturated rings. The van der Waals surface area contributed by atoms with Gasteiger partial charge in [-0.25, -0.2) is 0 Å². The number of likely N-dealkylation sites (tertiary alicyclic amines) is 1. The molecule has 7 nitrogen and oxygen atoms in total. The standard InChI is InChI=1S/C28H34F3N3O4/c1-19(20-7-9-21(10-8-20)25(35)33(2)3)32-26(36)27(12-15-37-16-13-27)34-14-11-24(18-34)38-23-6-4-5-22(17-23)28(29,30)31/h4-10,17,19,24H,11-16,18H2,1-3H3,(H,32,36)/t19-,24+/m0/s1.